The maximum absolute atomic E-state index is 12.3. The molecule has 0 aliphatic rings. The first-order chi connectivity index (χ1) is 10.3. The monoisotopic (exact) mass is 279 g/mol. The first-order valence-electron chi connectivity index (χ1n) is 7.03. The zero-order valence-electron chi connectivity index (χ0n) is 11.7. The van der Waals surface area contributed by atoms with Gasteiger partial charge in [0.05, 0.1) is 6.54 Å². The van der Waals surface area contributed by atoms with Gasteiger partial charge in [0.15, 0.2) is 0 Å². The molecule has 0 fully saturated rings. The normalized spacial score (nSPS) is 10.7. The largest absolute Gasteiger partial charge is 0.346 e. The molecule has 3 rings (SSSR count). The van der Waals surface area contributed by atoms with Crippen LogP contribution < -0.4 is 5.69 Å². The molecule has 4 heteroatoms. The van der Waals surface area contributed by atoms with E-state index in [4.69, 9.17) is 0 Å². The zero-order valence-corrected chi connectivity index (χ0v) is 11.7. The molecule has 106 valence electrons. The molecule has 4 nitrogen and oxygen atoms in total. The number of aromatic nitrogens is 3. The lowest BCUT2D eigenvalue weighted by atomic mass is 10.1. The molecule has 0 radical (unpaired) electrons. The molecule has 0 unspecified atom stereocenters. The van der Waals surface area contributed by atoms with Crippen molar-refractivity contribution < 1.29 is 0 Å². The van der Waals surface area contributed by atoms with Crippen LogP contribution in [0.1, 0.15) is 11.1 Å². The summed E-state index contributed by atoms with van der Waals surface area (Å²) in [6, 6.07) is 20.0. The Balaban J connectivity index is 1.70. The van der Waals surface area contributed by atoms with Gasteiger partial charge < -0.3 is 0 Å². The van der Waals surface area contributed by atoms with Gasteiger partial charge >= 0.3 is 5.69 Å². The van der Waals surface area contributed by atoms with Crippen molar-refractivity contribution in [2.75, 3.05) is 0 Å². The summed E-state index contributed by atoms with van der Waals surface area (Å²) < 4.78 is 3.16. The van der Waals surface area contributed by atoms with E-state index >= 15 is 0 Å². The quantitative estimate of drug-likeness (QED) is 0.719. The second kappa shape index (κ2) is 6.22. The lowest BCUT2D eigenvalue weighted by Gasteiger charge is -2.02. The first kappa shape index (κ1) is 13.4. The molecule has 0 spiro atoms. The average Bonchev–Trinajstić information content (AvgIpc) is 2.88. The fourth-order valence-electron chi connectivity index (χ4n) is 2.28. The van der Waals surface area contributed by atoms with Crippen LogP contribution in [0.5, 0.6) is 0 Å². The Morgan fingerprint density at radius 1 is 0.857 bits per heavy atom. The Kier molecular flexibility index (Phi) is 3.96. The van der Waals surface area contributed by atoms with Gasteiger partial charge in [-0.2, -0.15) is 5.10 Å². The van der Waals surface area contributed by atoms with Crippen LogP contribution in [0.4, 0.5) is 0 Å². The van der Waals surface area contributed by atoms with E-state index < -0.39 is 0 Å². The number of benzene rings is 2. The van der Waals surface area contributed by atoms with Crippen molar-refractivity contribution in [3.05, 3.63) is 88.6 Å². The van der Waals surface area contributed by atoms with Crippen LogP contribution in [0, 0.1) is 0 Å². The van der Waals surface area contributed by atoms with Crippen LogP contribution >= 0.6 is 0 Å². The third kappa shape index (κ3) is 3.28. The zero-order chi connectivity index (χ0) is 14.5. The van der Waals surface area contributed by atoms with Crippen molar-refractivity contribution in [1.82, 2.24) is 14.3 Å². The fraction of sp³-hybridized carbons (Fsp3) is 0.176. The summed E-state index contributed by atoms with van der Waals surface area (Å²) >= 11 is 0. The smallest absolute Gasteiger partial charge is 0.281 e. The number of hydrogen-bond acceptors (Lipinski definition) is 2. The van der Waals surface area contributed by atoms with E-state index in [-0.39, 0.29) is 5.69 Å². The van der Waals surface area contributed by atoms with Crippen molar-refractivity contribution >= 4 is 0 Å². The van der Waals surface area contributed by atoms with Crippen LogP contribution in [0.3, 0.4) is 0 Å². The van der Waals surface area contributed by atoms with Gasteiger partial charge in [-0.3, -0.25) is 4.57 Å². The molecule has 0 saturated carbocycles. The topological polar surface area (TPSA) is 39.8 Å². The van der Waals surface area contributed by atoms with Crippen molar-refractivity contribution in [3.63, 3.8) is 0 Å². The second-order valence-electron chi connectivity index (χ2n) is 4.99. The highest BCUT2D eigenvalue weighted by Gasteiger charge is 2.05. The first-order valence-corrected chi connectivity index (χ1v) is 7.03. The lowest BCUT2D eigenvalue weighted by Crippen LogP contribution is -2.25. The molecule has 1 heterocycles. The van der Waals surface area contributed by atoms with Crippen molar-refractivity contribution in [2.45, 2.75) is 19.5 Å². The molecule has 0 atom stereocenters. The number of rotatable bonds is 5. The molecule has 0 N–H and O–H groups in total. The Morgan fingerprint density at radius 2 is 1.48 bits per heavy atom. The van der Waals surface area contributed by atoms with Gasteiger partial charge in [0.1, 0.15) is 6.33 Å². The van der Waals surface area contributed by atoms with Crippen molar-refractivity contribution in [1.29, 1.82) is 0 Å². The van der Waals surface area contributed by atoms with Gasteiger partial charge in [0, 0.05) is 6.54 Å². The van der Waals surface area contributed by atoms with E-state index in [2.05, 4.69) is 17.2 Å². The van der Waals surface area contributed by atoms with Crippen LogP contribution in [-0.2, 0) is 19.5 Å². The van der Waals surface area contributed by atoms with Gasteiger partial charge in [-0.1, -0.05) is 60.7 Å². The minimum Gasteiger partial charge on any atom is -0.281 e. The predicted octanol–water partition coefficient (Wildman–Crippen LogP) is 2.34. The summed E-state index contributed by atoms with van der Waals surface area (Å²) in [4.78, 5) is 12.3. The maximum atomic E-state index is 12.3. The third-order valence-electron chi connectivity index (χ3n) is 3.46. The van der Waals surface area contributed by atoms with Gasteiger partial charge in [-0.05, 0) is 17.5 Å². The van der Waals surface area contributed by atoms with Crippen LogP contribution in [0.15, 0.2) is 71.8 Å². The molecular weight excluding hydrogens is 262 g/mol. The molecule has 2 aromatic carbocycles. The summed E-state index contributed by atoms with van der Waals surface area (Å²) in [6.07, 6.45) is 2.45. The Bertz CT molecular complexity index is 744. The van der Waals surface area contributed by atoms with Crippen LogP contribution in [0.25, 0.3) is 0 Å². The van der Waals surface area contributed by atoms with Crippen LogP contribution in [0.2, 0.25) is 0 Å². The maximum Gasteiger partial charge on any atom is 0.346 e. The Labute approximate surface area is 123 Å². The van der Waals surface area contributed by atoms with E-state index in [1.54, 1.807) is 10.9 Å². The van der Waals surface area contributed by atoms with Crippen molar-refractivity contribution in [2.24, 2.45) is 0 Å². The van der Waals surface area contributed by atoms with E-state index in [0.717, 1.165) is 12.0 Å². The number of hydrogen-bond donors (Lipinski definition) is 0. The van der Waals surface area contributed by atoms with E-state index in [1.807, 2.05) is 48.5 Å². The number of aryl methyl sites for hydroxylation is 2. The highest BCUT2D eigenvalue weighted by atomic mass is 16.2. The summed E-state index contributed by atoms with van der Waals surface area (Å²) in [5, 5.41) is 4.19. The van der Waals surface area contributed by atoms with Crippen LogP contribution in [-0.4, -0.2) is 14.3 Å². The summed E-state index contributed by atoms with van der Waals surface area (Å²) in [5.41, 5.74) is 2.24. The van der Waals surface area contributed by atoms with Gasteiger partial charge in [-0.25, -0.2) is 9.48 Å². The summed E-state index contributed by atoms with van der Waals surface area (Å²) in [7, 11) is 0. The SMILES string of the molecule is O=c1n(CCc2ccccc2)cnn1Cc1ccccc1. The molecule has 3 aromatic rings. The number of nitrogens with zero attached hydrogens (tertiary/aromatic N) is 3. The second-order valence-corrected chi connectivity index (χ2v) is 4.99. The van der Waals surface area contributed by atoms with Crippen molar-refractivity contribution in [3.8, 4) is 0 Å². The standard InChI is InChI=1S/C17H17N3O/c21-17-19(12-11-15-7-3-1-4-8-15)14-18-20(17)13-16-9-5-2-6-10-16/h1-10,14H,11-13H2. The minimum absolute atomic E-state index is 0.0604. The molecule has 0 bridgehead atoms. The van der Waals surface area contributed by atoms with Gasteiger partial charge in [0.2, 0.25) is 0 Å². The highest BCUT2D eigenvalue weighted by molar-refractivity contribution is 5.15. The Morgan fingerprint density at radius 3 is 2.14 bits per heavy atom. The molecule has 0 saturated heterocycles. The highest BCUT2D eigenvalue weighted by Crippen LogP contribution is 2.02. The molecule has 21 heavy (non-hydrogen) atoms. The molecule has 1 aromatic heterocycles. The summed E-state index contributed by atoms with van der Waals surface area (Å²) in [6.45, 7) is 1.16. The van der Waals surface area contributed by atoms with E-state index in [9.17, 15) is 4.79 Å². The fourth-order valence-corrected chi connectivity index (χ4v) is 2.28. The molecule has 0 aliphatic heterocycles. The molecule has 0 aliphatic carbocycles. The van der Waals surface area contributed by atoms with E-state index in [0.29, 0.717) is 13.1 Å². The summed E-state index contributed by atoms with van der Waals surface area (Å²) in [5.74, 6) is 0. The third-order valence-corrected chi connectivity index (χ3v) is 3.46. The van der Waals surface area contributed by atoms with Gasteiger partial charge in [0.25, 0.3) is 0 Å². The minimum atomic E-state index is -0.0604. The average molecular weight is 279 g/mol. The molecule has 0 amide bonds. The van der Waals surface area contributed by atoms with E-state index in [1.165, 1.54) is 10.2 Å². The predicted molar refractivity (Wildman–Crippen MR) is 82.2 cm³/mol. The van der Waals surface area contributed by atoms with Gasteiger partial charge in [-0.15, -0.1) is 0 Å². The lowest BCUT2D eigenvalue weighted by molar-refractivity contribution is 0.615. The Hall–Kier alpha value is -2.62. The molecular formula is C17H17N3O.